The topological polar surface area (TPSA) is 0 Å². The lowest BCUT2D eigenvalue weighted by molar-refractivity contribution is -0.944. The van der Waals surface area contributed by atoms with Gasteiger partial charge in [-0.25, -0.2) is 0 Å². The fourth-order valence-electron chi connectivity index (χ4n) is 3.89. The number of benzene rings is 3. The molecule has 22 heavy (non-hydrogen) atoms. The average molecular weight is 356 g/mol. The number of fused-ring (bicyclic) bond motifs is 4. The number of hydrogen-bond acceptors (Lipinski definition) is 0. The van der Waals surface area contributed by atoms with Crippen LogP contribution in [0.1, 0.15) is 25.0 Å². The Labute approximate surface area is 142 Å². The van der Waals surface area contributed by atoms with Crippen LogP contribution in [0.4, 0.5) is 0 Å². The van der Waals surface area contributed by atoms with Gasteiger partial charge in [0.05, 0.1) is 13.1 Å². The molecule has 0 aromatic heterocycles. The maximum atomic E-state index is 2.46. The van der Waals surface area contributed by atoms with Gasteiger partial charge in [0.2, 0.25) is 0 Å². The molecule has 1 heterocycles. The first kappa shape index (κ1) is 15.5. The molecule has 0 unspecified atom stereocenters. The minimum Gasteiger partial charge on any atom is -1.00 e. The maximum absolute atomic E-state index is 2.46. The van der Waals surface area contributed by atoms with Gasteiger partial charge in [-0.2, -0.15) is 0 Å². The molecule has 1 aliphatic heterocycles. The summed E-state index contributed by atoms with van der Waals surface area (Å²) in [5.74, 6) is 0. The van der Waals surface area contributed by atoms with E-state index in [0.29, 0.717) is 0 Å². The van der Waals surface area contributed by atoms with Crippen LogP contribution in [0.2, 0.25) is 0 Å². The predicted octanol–water partition coefficient (Wildman–Crippen LogP) is 1.87. The van der Waals surface area contributed by atoms with Crippen molar-refractivity contribution >= 4 is 21.5 Å². The van der Waals surface area contributed by atoms with Crippen molar-refractivity contribution in [3.05, 3.63) is 59.7 Å². The predicted molar refractivity (Wildman–Crippen MR) is 90.2 cm³/mol. The first-order valence-corrected chi connectivity index (χ1v) is 8.03. The van der Waals surface area contributed by atoms with Crippen LogP contribution in [0.15, 0.2) is 48.5 Å². The van der Waals surface area contributed by atoms with E-state index in [0.717, 1.165) is 0 Å². The van der Waals surface area contributed by atoms with Gasteiger partial charge in [0.15, 0.2) is 0 Å². The van der Waals surface area contributed by atoms with Crippen molar-refractivity contribution in [1.82, 2.24) is 0 Å². The zero-order valence-corrected chi connectivity index (χ0v) is 14.9. The minimum atomic E-state index is 0. The van der Waals surface area contributed by atoms with E-state index in [4.69, 9.17) is 0 Å². The SMILES string of the molecule is CC[N+]1(CC)Cc2cc3ccc4ccccc4c3cc2C1.[Br-]. The maximum Gasteiger partial charge on any atom is 0.105 e. The third-order valence-corrected chi connectivity index (χ3v) is 5.42. The lowest BCUT2D eigenvalue weighted by Gasteiger charge is -2.31. The molecule has 3 aromatic rings. The highest BCUT2D eigenvalue weighted by Gasteiger charge is 2.33. The van der Waals surface area contributed by atoms with E-state index in [-0.39, 0.29) is 17.0 Å². The summed E-state index contributed by atoms with van der Waals surface area (Å²) >= 11 is 0. The van der Waals surface area contributed by atoms with E-state index >= 15 is 0 Å². The van der Waals surface area contributed by atoms with Gasteiger partial charge < -0.3 is 21.5 Å². The molecule has 4 rings (SSSR count). The number of hydrogen-bond donors (Lipinski definition) is 0. The molecule has 0 aliphatic carbocycles. The van der Waals surface area contributed by atoms with Gasteiger partial charge in [-0.3, -0.25) is 0 Å². The lowest BCUT2D eigenvalue weighted by Crippen LogP contribution is -3.00. The van der Waals surface area contributed by atoms with Gasteiger partial charge in [0.25, 0.3) is 0 Å². The summed E-state index contributed by atoms with van der Waals surface area (Å²) < 4.78 is 1.21. The average Bonchev–Trinajstić information content (AvgIpc) is 2.91. The molecule has 0 atom stereocenters. The Morgan fingerprint density at radius 1 is 0.773 bits per heavy atom. The smallest absolute Gasteiger partial charge is 0.105 e. The lowest BCUT2D eigenvalue weighted by atomic mass is 9.98. The fourth-order valence-corrected chi connectivity index (χ4v) is 3.89. The Morgan fingerprint density at radius 2 is 1.41 bits per heavy atom. The normalized spacial score (nSPS) is 15.7. The van der Waals surface area contributed by atoms with Gasteiger partial charge in [-0.05, 0) is 47.5 Å². The van der Waals surface area contributed by atoms with Crippen molar-refractivity contribution in [2.75, 3.05) is 13.1 Å². The van der Waals surface area contributed by atoms with Gasteiger partial charge in [0.1, 0.15) is 13.1 Å². The molecule has 0 spiro atoms. The van der Waals surface area contributed by atoms with Crippen molar-refractivity contribution in [1.29, 1.82) is 0 Å². The van der Waals surface area contributed by atoms with Crippen molar-refractivity contribution in [2.24, 2.45) is 0 Å². The number of quaternary nitrogens is 1. The molecule has 0 saturated heterocycles. The summed E-state index contributed by atoms with van der Waals surface area (Å²) in [7, 11) is 0. The molecule has 2 heteroatoms. The van der Waals surface area contributed by atoms with Crippen LogP contribution >= 0.6 is 0 Å². The summed E-state index contributed by atoms with van der Waals surface area (Å²) in [6.45, 7) is 9.49. The highest BCUT2D eigenvalue weighted by Crippen LogP contribution is 2.35. The first-order valence-electron chi connectivity index (χ1n) is 8.03. The number of halogens is 1. The molecule has 0 radical (unpaired) electrons. The molecule has 0 bridgehead atoms. The molecular weight excluding hydrogens is 334 g/mol. The van der Waals surface area contributed by atoms with E-state index in [9.17, 15) is 0 Å². The zero-order valence-electron chi connectivity index (χ0n) is 13.3. The van der Waals surface area contributed by atoms with E-state index in [1.54, 1.807) is 11.1 Å². The highest BCUT2D eigenvalue weighted by molar-refractivity contribution is 6.07. The Hall–Kier alpha value is -1.38. The molecule has 0 N–H and O–H groups in total. The van der Waals surface area contributed by atoms with Gasteiger partial charge in [-0.15, -0.1) is 0 Å². The largest absolute Gasteiger partial charge is 1.00 e. The Morgan fingerprint density at radius 3 is 2.14 bits per heavy atom. The van der Waals surface area contributed by atoms with Crippen LogP contribution in [0.5, 0.6) is 0 Å². The highest BCUT2D eigenvalue weighted by atomic mass is 79.9. The molecule has 0 fully saturated rings. The Bertz CT molecular complexity index is 834. The number of nitrogens with zero attached hydrogens (tertiary/aromatic N) is 1. The molecule has 1 nitrogen and oxygen atoms in total. The summed E-state index contributed by atoms with van der Waals surface area (Å²) in [4.78, 5) is 0. The quantitative estimate of drug-likeness (QED) is 0.486. The third-order valence-electron chi connectivity index (χ3n) is 5.42. The van der Waals surface area contributed by atoms with Crippen molar-refractivity contribution < 1.29 is 21.5 Å². The summed E-state index contributed by atoms with van der Waals surface area (Å²) in [6, 6.07) is 18.1. The second kappa shape index (κ2) is 5.68. The van der Waals surface area contributed by atoms with Gasteiger partial charge in [0, 0.05) is 11.1 Å². The first-order chi connectivity index (χ1) is 10.2. The molecular formula is C20H22BrN. The summed E-state index contributed by atoms with van der Waals surface area (Å²) in [5.41, 5.74) is 3.11. The van der Waals surface area contributed by atoms with Crippen LogP contribution in [0.3, 0.4) is 0 Å². The standard InChI is InChI=1S/C20H22N.BrH/c1-3-21(4-2)13-17-11-16-10-9-15-7-5-6-8-19(15)20(16)12-18(17)14-21;/h5-12H,3-4,13-14H2,1-2H3;1H/q+1;/p-1. The van der Waals surface area contributed by atoms with Gasteiger partial charge >= 0.3 is 0 Å². The van der Waals surface area contributed by atoms with Crippen LogP contribution in [0.25, 0.3) is 21.5 Å². The monoisotopic (exact) mass is 355 g/mol. The second-order valence-corrected chi connectivity index (χ2v) is 6.42. The molecule has 114 valence electrons. The molecule has 1 aliphatic rings. The fraction of sp³-hybridized carbons (Fsp3) is 0.300. The van der Waals surface area contributed by atoms with Gasteiger partial charge in [-0.1, -0.05) is 36.4 Å². The zero-order chi connectivity index (χ0) is 14.4. The van der Waals surface area contributed by atoms with Crippen LogP contribution in [0, 0.1) is 0 Å². The molecule has 3 aromatic carbocycles. The summed E-state index contributed by atoms with van der Waals surface area (Å²) in [5, 5.41) is 5.53. The van der Waals surface area contributed by atoms with E-state index in [1.165, 1.54) is 52.2 Å². The second-order valence-electron chi connectivity index (χ2n) is 6.42. The number of rotatable bonds is 2. The van der Waals surface area contributed by atoms with Crippen LogP contribution in [-0.2, 0) is 13.1 Å². The Balaban J connectivity index is 0.00000144. The van der Waals surface area contributed by atoms with Crippen molar-refractivity contribution in [3.8, 4) is 0 Å². The van der Waals surface area contributed by atoms with E-state index in [2.05, 4.69) is 62.4 Å². The summed E-state index contributed by atoms with van der Waals surface area (Å²) in [6.07, 6.45) is 0. The van der Waals surface area contributed by atoms with Crippen molar-refractivity contribution in [2.45, 2.75) is 26.9 Å². The van der Waals surface area contributed by atoms with Crippen LogP contribution in [-0.4, -0.2) is 17.6 Å². The van der Waals surface area contributed by atoms with E-state index < -0.39 is 0 Å². The van der Waals surface area contributed by atoms with Crippen LogP contribution < -0.4 is 17.0 Å². The minimum absolute atomic E-state index is 0. The third kappa shape index (κ3) is 2.26. The Kier molecular flexibility index (Phi) is 4.00. The molecule has 0 amide bonds. The van der Waals surface area contributed by atoms with E-state index in [1.807, 2.05) is 0 Å². The van der Waals surface area contributed by atoms with Crippen molar-refractivity contribution in [3.63, 3.8) is 0 Å². The molecule has 0 saturated carbocycles.